The number of benzene rings is 1. The lowest BCUT2D eigenvalue weighted by Crippen LogP contribution is -2.38. The summed E-state index contributed by atoms with van der Waals surface area (Å²) in [5.41, 5.74) is 0.417. The van der Waals surface area contributed by atoms with Crippen LogP contribution >= 0.6 is 0 Å². The van der Waals surface area contributed by atoms with Crippen LogP contribution in [-0.4, -0.2) is 37.9 Å². The average Bonchev–Trinajstić information content (AvgIpc) is 3.58. The molecule has 0 saturated heterocycles. The summed E-state index contributed by atoms with van der Waals surface area (Å²) >= 11 is 0. The number of alkyl halides is 3. The number of hydrogen-bond acceptors (Lipinski definition) is 5. The van der Waals surface area contributed by atoms with Crippen LogP contribution in [0.2, 0.25) is 25.7 Å². The number of sulfonamides is 1. The fourth-order valence-corrected chi connectivity index (χ4v) is 6.99. The molecule has 0 spiro atoms. The molecule has 3 aromatic rings. The molecule has 1 aliphatic carbocycles. The molecular formula is C25H28F4N4O3SSi. The van der Waals surface area contributed by atoms with E-state index in [2.05, 4.69) is 29.7 Å². The van der Waals surface area contributed by atoms with Crippen LogP contribution in [0, 0.1) is 11.7 Å². The first kappa shape index (κ1) is 26.8. The SMILES string of the molecule is C[Si](C)(C)CCOCn1cc2c(n1)-c1cc(F)ccc1N(S(=O)(=O)c1ccc(C(F)(F)F)nc1)[C@@H]2C1CC1. The molecule has 1 saturated carbocycles. The Hall–Kier alpha value is -2.77. The van der Waals surface area contributed by atoms with Gasteiger partial charge in [-0.05, 0) is 55.1 Å². The van der Waals surface area contributed by atoms with Gasteiger partial charge in [-0.2, -0.15) is 18.3 Å². The van der Waals surface area contributed by atoms with E-state index in [-0.39, 0.29) is 23.2 Å². The van der Waals surface area contributed by atoms with Crippen molar-refractivity contribution in [2.24, 2.45) is 5.92 Å². The van der Waals surface area contributed by atoms with Gasteiger partial charge in [0.1, 0.15) is 23.1 Å². The highest BCUT2D eigenvalue weighted by molar-refractivity contribution is 7.92. The Morgan fingerprint density at radius 3 is 2.47 bits per heavy atom. The second kappa shape index (κ2) is 9.45. The van der Waals surface area contributed by atoms with Crippen molar-refractivity contribution in [3.05, 3.63) is 59.8 Å². The van der Waals surface area contributed by atoms with Crippen LogP contribution in [0.3, 0.4) is 0 Å². The predicted octanol–water partition coefficient (Wildman–Crippen LogP) is 6.08. The van der Waals surface area contributed by atoms with Crippen molar-refractivity contribution < 1.29 is 30.7 Å². The molecule has 38 heavy (non-hydrogen) atoms. The molecule has 1 atom stereocenters. The van der Waals surface area contributed by atoms with E-state index >= 15 is 0 Å². The Morgan fingerprint density at radius 1 is 1.13 bits per heavy atom. The third-order valence-corrected chi connectivity index (χ3v) is 10.2. The maximum Gasteiger partial charge on any atom is 0.433 e. The minimum absolute atomic E-state index is 0.0189. The lowest BCUT2D eigenvalue weighted by Gasteiger charge is -2.37. The van der Waals surface area contributed by atoms with E-state index in [1.165, 1.54) is 16.4 Å². The molecular weight excluding hydrogens is 540 g/mol. The number of anilines is 1. The molecule has 7 nitrogen and oxygen atoms in total. The first-order valence-corrected chi connectivity index (χ1v) is 17.4. The predicted molar refractivity (Wildman–Crippen MR) is 136 cm³/mol. The molecule has 0 unspecified atom stereocenters. The second-order valence-electron chi connectivity index (χ2n) is 10.9. The molecule has 0 N–H and O–H groups in total. The molecule has 2 aromatic heterocycles. The Kier molecular flexibility index (Phi) is 6.67. The highest BCUT2D eigenvalue weighted by Gasteiger charge is 2.48. The molecule has 5 rings (SSSR count). The van der Waals surface area contributed by atoms with E-state index in [1.807, 2.05) is 0 Å². The maximum atomic E-state index is 14.4. The van der Waals surface area contributed by atoms with Gasteiger partial charge in [0.25, 0.3) is 10.0 Å². The molecule has 1 aliphatic heterocycles. The third-order valence-electron chi connectivity index (χ3n) is 6.68. The van der Waals surface area contributed by atoms with E-state index in [1.54, 1.807) is 10.9 Å². The first-order chi connectivity index (χ1) is 17.8. The minimum Gasteiger partial charge on any atom is -0.360 e. The fourth-order valence-electron chi connectivity index (χ4n) is 4.58. The Labute approximate surface area is 219 Å². The van der Waals surface area contributed by atoms with Crippen LogP contribution in [0.25, 0.3) is 11.3 Å². The smallest absolute Gasteiger partial charge is 0.360 e. The third kappa shape index (κ3) is 5.23. The van der Waals surface area contributed by atoms with Gasteiger partial charge in [0.15, 0.2) is 0 Å². The van der Waals surface area contributed by atoms with Crippen molar-refractivity contribution in [2.75, 3.05) is 10.9 Å². The molecule has 1 fully saturated rings. The van der Waals surface area contributed by atoms with E-state index in [4.69, 9.17) is 4.74 Å². The van der Waals surface area contributed by atoms with Crippen molar-refractivity contribution in [2.45, 2.75) is 62.4 Å². The van der Waals surface area contributed by atoms with Crippen LogP contribution in [-0.2, 0) is 27.7 Å². The zero-order valence-corrected chi connectivity index (χ0v) is 23.0. The fraction of sp³-hybridized carbons (Fsp3) is 0.440. The van der Waals surface area contributed by atoms with Gasteiger partial charge in [-0.1, -0.05) is 19.6 Å². The summed E-state index contributed by atoms with van der Waals surface area (Å²) in [4.78, 5) is 2.98. The number of rotatable bonds is 8. The average molecular weight is 569 g/mol. The van der Waals surface area contributed by atoms with Crippen molar-refractivity contribution in [1.29, 1.82) is 0 Å². The maximum absolute atomic E-state index is 14.4. The highest BCUT2D eigenvalue weighted by Crippen LogP contribution is 2.55. The molecule has 3 heterocycles. The summed E-state index contributed by atoms with van der Waals surface area (Å²) in [5.74, 6) is -0.580. The molecule has 1 aromatic carbocycles. The lowest BCUT2D eigenvalue weighted by molar-refractivity contribution is -0.141. The van der Waals surface area contributed by atoms with Gasteiger partial charge in [0, 0.05) is 38.2 Å². The summed E-state index contributed by atoms with van der Waals surface area (Å²) in [6.45, 7) is 7.47. The molecule has 13 heteroatoms. The number of aromatic nitrogens is 3. The van der Waals surface area contributed by atoms with Crippen LogP contribution in [0.4, 0.5) is 23.2 Å². The molecule has 0 radical (unpaired) electrons. The van der Waals surface area contributed by atoms with E-state index in [0.717, 1.165) is 37.2 Å². The zero-order valence-electron chi connectivity index (χ0n) is 21.2. The van der Waals surface area contributed by atoms with E-state index in [0.29, 0.717) is 29.5 Å². The molecule has 204 valence electrons. The Balaban J connectivity index is 1.55. The number of fused-ring (bicyclic) bond motifs is 3. The molecule has 0 amide bonds. The minimum atomic E-state index is -4.70. The summed E-state index contributed by atoms with van der Waals surface area (Å²) in [6, 6.07) is 5.65. The van der Waals surface area contributed by atoms with Gasteiger partial charge in [-0.25, -0.2) is 17.5 Å². The van der Waals surface area contributed by atoms with Gasteiger partial charge in [-0.15, -0.1) is 0 Å². The summed E-state index contributed by atoms with van der Waals surface area (Å²) in [6.07, 6.45) is -0.703. The van der Waals surface area contributed by atoms with Crippen molar-refractivity contribution >= 4 is 23.8 Å². The second-order valence-corrected chi connectivity index (χ2v) is 18.4. The van der Waals surface area contributed by atoms with Crippen molar-refractivity contribution in [1.82, 2.24) is 14.8 Å². The first-order valence-electron chi connectivity index (χ1n) is 12.3. The topological polar surface area (TPSA) is 77.3 Å². The van der Waals surface area contributed by atoms with Gasteiger partial charge in [0.05, 0.1) is 17.4 Å². The van der Waals surface area contributed by atoms with Crippen molar-refractivity contribution in [3.8, 4) is 11.3 Å². The van der Waals surface area contributed by atoms with Crippen molar-refractivity contribution in [3.63, 3.8) is 0 Å². The van der Waals surface area contributed by atoms with Gasteiger partial charge in [0.2, 0.25) is 0 Å². The van der Waals surface area contributed by atoms with E-state index < -0.39 is 41.8 Å². The summed E-state index contributed by atoms with van der Waals surface area (Å²) < 4.78 is 90.0. The standard InChI is InChI=1S/C25H28F4N4O3SSi/c1-38(2,3)11-10-36-15-32-14-20-23(31-32)19-12-17(26)6-8-21(19)33(24(20)16-4-5-16)37(34,35)18-7-9-22(30-13-18)25(27,28)29/h6-9,12-14,16,24H,4-5,10-11,15H2,1-3H3/t24-/m1/s1. The van der Waals surface area contributed by atoms with Crippen LogP contribution < -0.4 is 4.31 Å². The highest BCUT2D eigenvalue weighted by atomic mass is 32.2. The number of pyridine rings is 1. The summed E-state index contributed by atoms with van der Waals surface area (Å²) in [7, 11) is -5.65. The largest absolute Gasteiger partial charge is 0.433 e. The Bertz CT molecular complexity index is 1450. The number of hydrogen-bond donors (Lipinski definition) is 0. The number of nitrogens with zero attached hydrogens (tertiary/aromatic N) is 4. The Morgan fingerprint density at radius 2 is 1.87 bits per heavy atom. The quantitative estimate of drug-likeness (QED) is 0.187. The molecule has 2 aliphatic rings. The van der Waals surface area contributed by atoms with Crippen LogP contribution in [0.15, 0.2) is 47.6 Å². The number of halogens is 4. The monoisotopic (exact) mass is 568 g/mol. The van der Waals surface area contributed by atoms with Gasteiger partial charge < -0.3 is 4.74 Å². The summed E-state index contributed by atoms with van der Waals surface area (Å²) in [5, 5.41) is 4.63. The van der Waals surface area contributed by atoms with Crippen LogP contribution in [0.1, 0.15) is 30.1 Å². The molecule has 0 bridgehead atoms. The number of ether oxygens (including phenoxy) is 1. The van der Waals surface area contributed by atoms with E-state index in [9.17, 15) is 26.0 Å². The lowest BCUT2D eigenvalue weighted by atomic mass is 9.93. The normalized spacial score (nSPS) is 17.9. The van der Waals surface area contributed by atoms with Gasteiger partial charge >= 0.3 is 6.18 Å². The zero-order chi connectivity index (χ0) is 27.5. The van der Waals surface area contributed by atoms with Crippen LogP contribution in [0.5, 0.6) is 0 Å². The van der Waals surface area contributed by atoms with Gasteiger partial charge in [-0.3, -0.25) is 9.29 Å².